The van der Waals surface area contributed by atoms with Crippen LogP contribution in [0.5, 0.6) is 0 Å². The summed E-state index contributed by atoms with van der Waals surface area (Å²) >= 11 is 0. The molecule has 5 heteroatoms. The molecular formula is C9H15N3O2. The number of methoxy groups -OCH3 is 1. The Morgan fingerprint density at radius 1 is 1.21 bits per heavy atom. The van der Waals surface area contributed by atoms with E-state index >= 15 is 0 Å². The molecule has 0 saturated carbocycles. The van der Waals surface area contributed by atoms with Crippen molar-refractivity contribution in [3.8, 4) is 6.07 Å². The minimum atomic E-state index is -0.620. The lowest BCUT2D eigenvalue weighted by Crippen LogP contribution is -2.28. The molecule has 0 aromatic heterocycles. The van der Waals surface area contributed by atoms with E-state index in [2.05, 4.69) is 4.74 Å². The predicted octanol–water partition coefficient (Wildman–Crippen LogP) is 0.0178. The zero-order valence-corrected chi connectivity index (χ0v) is 9.16. The van der Waals surface area contributed by atoms with Crippen LogP contribution in [0.1, 0.15) is 0 Å². The highest BCUT2D eigenvalue weighted by Crippen LogP contribution is 2.10. The first-order valence-corrected chi connectivity index (χ1v) is 4.03. The number of nitrogens with zero attached hydrogens (tertiary/aromatic N) is 3. The summed E-state index contributed by atoms with van der Waals surface area (Å²) < 4.78 is 4.51. The summed E-state index contributed by atoms with van der Waals surface area (Å²) in [6.45, 7) is 0. The van der Waals surface area contributed by atoms with E-state index in [0.29, 0.717) is 5.82 Å². The van der Waals surface area contributed by atoms with E-state index in [1.54, 1.807) is 38.0 Å². The van der Waals surface area contributed by atoms with Gasteiger partial charge >= 0.3 is 5.97 Å². The second kappa shape index (κ2) is 5.12. The Morgan fingerprint density at radius 2 is 1.64 bits per heavy atom. The summed E-state index contributed by atoms with van der Waals surface area (Å²) in [4.78, 5) is 14.6. The van der Waals surface area contributed by atoms with Crippen molar-refractivity contribution >= 4 is 5.97 Å². The third-order valence-electron chi connectivity index (χ3n) is 1.57. The summed E-state index contributed by atoms with van der Waals surface area (Å²) in [5.41, 5.74) is 0.00231. The molecule has 0 aromatic carbocycles. The lowest BCUT2D eigenvalue weighted by molar-refractivity contribution is -0.135. The van der Waals surface area contributed by atoms with Crippen LogP contribution in [0.3, 0.4) is 0 Å². The fourth-order valence-electron chi connectivity index (χ4n) is 1.14. The number of nitriles is 1. The molecule has 0 spiro atoms. The van der Waals surface area contributed by atoms with E-state index in [1.165, 1.54) is 7.11 Å². The van der Waals surface area contributed by atoms with Crippen LogP contribution in [0, 0.1) is 11.3 Å². The lowest BCUT2D eigenvalue weighted by atomic mass is 10.2. The average molecular weight is 197 g/mol. The Hall–Kier alpha value is -1.70. The number of hydrogen-bond donors (Lipinski definition) is 0. The van der Waals surface area contributed by atoms with E-state index < -0.39 is 5.97 Å². The van der Waals surface area contributed by atoms with Gasteiger partial charge in [0.25, 0.3) is 0 Å². The molecular weight excluding hydrogens is 182 g/mol. The van der Waals surface area contributed by atoms with Crippen molar-refractivity contribution in [2.24, 2.45) is 0 Å². The molecule has 0 N–H and O–H groups in total. The van der Waals surface area contributed by atoms with Crippen LogP contribution in [-0.4, -0.2) is 51.1 Å². The van der Waals surface area contributed by atoms with Gasteiger partial charge in [-0.1, -0.05) is 0 Å². The first-order chi connectivity index (χ1) is 6.45. The van der Waals surface area contributed by atoms with Gasteiger partial charge in [0, 0.05) is 28.2 Å². The largest absolute Gasteiger partial charge is 0.465 e. The van der Waals surface area contributed by atoms with Crippen molar-refractivity contribution in [1.82, 2.24) is 9.80 Å². The van der Waals surface area contributed by atoms with Crippen LogP contribution in [-0.2, 0) is 9.53 Å². The fourth-order valence-corrected chi connectivity index (χ4v) is 1.14. The Balaban J connectivity index is 5.34. The smallest absolute Gasteiger partial charge is 0.352 e. The number of hydrogen-bond acceptors (Lipinski definition) is 5. The first-order valence-electron chi connectivity index (χ1n) is 4.03. The number of esters is 1. The monoisotopic (exact) mass is 197 g/mol. The molecule has 0 fully saturated rings. The normalized spacial score (nSPS) is 8.57. The van der Waals surface area contributed by atoms with Crippen molar-refractivity contribution in [3.63, 3.8) is 0 Å². The standard InChI is InChI=1S/C9H15N3O2/c1-11(2)8(12(3)4)7(6-10)9(13)14-5/h1-5H3. The maximum Gasteiger partial charge on any atom is 0.352 e. The van der Waals surface area contributed by atoms with Crippen LogP contribution in [0.2, 0.25) is 0 Å². The Morgan fingerprint density at radius 3 is 1.86 bits per heavy atom. The predicted molar refractivity (Wildman–Crippen MR) is 52.0 cm³/mol. The van der Waals surface area contributed by atoms with E-state index in [1.807, 2.05) is 6.07 Å². The summed E-state index contributed by atoms with van der Waals surface area (Å²) in [5, 5.41) is 8.83. The molecule has 0 amide bonds. The lowest BCUT2D eigenvalue weighted by Gasteiger charge is -2.25. The third kappa shape index (κ3) is 2.66. The molecule has 5 nitrogen and oxygen atoms in total. The molecule has 14 heavy (non-hydrogen) atoms. The van der Waals surface area contributed by atoms with Crippen molar-refractivity contribution in [2.75, 3.05) is 35.3 Å². The van der Waals surface area contributed by atoms with E-state index in [4.69, 9.17) is 5.26 Å². The second-order valence-corrected chi connectivity index (χ2v) is 3.09. The molecule has 0 aliphatic heterocycles. The molecule has 0 unspecified atom stereocenters. The zero-order chi connectivity index (χ0) is 11.3. The van der Waals surface area contributed by atoms with Gasteiger partial charge in [-0.2, -0.15) is 5.26 Å². The van der Waals surface area contributed by atoms with Crippen LogP contribution < -0.4 is 0 Å². The van der Waals surface area contributed by atoms with Crippen LogP contribution in [0.25, 0.3) is 0 Å². The maximum atomic E-state index is 11.2. The van der Waals surface area contributed by atoms with Gasteiger partial charge in [-0.3, -0.25) is 0 Å². The van der Waals surface area contributed by atoms with E-state index in [9.17, 15) is 4.79 Å². The van der Waals surface area contributed by atoms with Gasteiger partial charge in [0.2, 0.25) is 0 Å². The van der Waals surface area contributed by atoms with Gasteiger partial charge in [0.05, 0.1) is 7.11 Å². The van der Waals surface area contributed by atoms with E-state index in [0.717, 1.165) is 0 Å². The first kappa shape index (κ1) is 12.3. The Kier molecular flexibility index (Phi) is 4.50. The molecule has 0 heterocycles. The van der Waals surface area contributed by atoms with Gasteiger partial charge in [0.15, 0.2) is 5.57 Å². The molecule has 0 radical (unpaired) electrons. The van der Waals surface area contributed by atoms with Crippen molar-refractivity contribution < 1.29 is 9.53 Å². The molecule has 0 rings (SSSR count). The maximum absolute atomic E-state index is 11.2. The van der Waals surface area contributed by atoms with Crippen molar-refractivity contribution in [3.05, 3.63) is 11.4 Å². The van der Waals surface area contributed by atoms with Crippen LogP contribution in [0.4, 0.5) is 0 Å². The molecule has 0 bridgehead atoms. The highest BCUT2D eigenvalue weighted by molar-refractivity contribution is 5.93. The Labute approximate surface area is 84.2 Å². The fraction of sp³-hybridized carbons (Fsp3) is 0.556. The molecule has 0 aliphatic carbocycles. The van der Waals surface area contributed by atoms with Crippen LogP contribution >= 0.6 is 0 Å². The summed E-state index contributed by atoms with van der Waals surface area (Å²) in [7, 11) is 8.29. The van der Waals surface area contributed by atoms with Gasteiger partial charge < -0.3 is 14.5 Å². The number of rotatable bonds is 3. The number of ether oxygens (including phenoxy) is 1. The van der Waals surface area contributed by atoms with Crippen molar-refractivity contribution in [1.29, 1.82) is 5.26 Å². The topological polar surface area (TPSA) is 56.6 Å². The van der Waals surface area contributed by atoms with Crippen LogP contribution in [0.15, 0.2) is 11.4 Å². The van der Waals surface area contributed by atoms with Gasteiger partial charge in [-0.05, 0) is 0 Å². The molecule has 78 valence electrons. The van der Waals surface area contributed by atoms with Gasteiger partial charge in [-0.15, -0.1) is 0 Å². The van der Waals surface area contributed by atoms with Gasteiger partial charge in [0.1, 0.15) is 11.9 Å². The Bertz CT molecular complexity index is 277. The third-order valence-corrected chi connectivity index (χ3v) is 1.57. The molecule has 0 saturated heterocycles. The molecule has 0 aromatic rings. The number of carbonyl (C=O) groups is 1. The highest BCUT2D eigenvalue weighted by atomic mass is 16.5. The van der Waals surface area contributed by atoms with E-state index in [-0.39, 0.29) is 5.57 Å². The SMILES string of the molecule is COC(=O)C(C#N)=C(N(C)C)N(C)C. The zero-order valence-electron chi connectivity index (χ0n) is 9.16. The quantitative estimate of drug-likeness (QED) is 0.362. The summed E-state index contributed by atoms with van der Waals surface area (Å²) in [5.74, 6) is -0.0933. The number of carbonyl (C=O) groups excluding carboxylic acids is 1. The average Bonchev–Trinajstić information content (AvgIpc) is 2.11. The minimum Gasteiger partial charge on any atom is -0.465 e. The van der Waals surface area contributed by atoms with Crippen molar-refractivity contribution in [2.45, 2.75) is 0 Å². The minimum absolute atomic E-state index is 0.00231. The summed E-state index contributed by atoms with van der Waals surface area (Å²) in [6.07, 6.45) is 0. The summed E-state index contributed by atoms with van der Waals surface area (Å²) in [6, 6.07) is 1.84. The second-order valence-electron chi connectivity index (χ2n) is 3.09. The molecule has 0 atom stereocenters. The van der Waals surface area contributed by atoms with Gasteiger partial charge in [-0.25, -0.2) is 4.79 Å². The molecule has 0 aliphatic rings. The highest BCUT2D eigenvalue weighted by Gasteiger charge is 2.18.